The van der Waals surface area contributed by atoms with Crippen LogP contribution in [0.2, 0.25) is 0 Å². The number of nitrogens with two attached hydrogens (primary N) is 1. The molecule has 1 aliphatic heterocycles. The van der Waals surface area contributed by atoms with Gasteiger partial charge in [0.25, 0.3) is 0 Å². The van der Waals surface area contributed by atoms with Crippen LogP contribution in [-0.4, -0.2) is 69.8 Å². The van der Waals surface area contributed by atoms with Gasteiger partial charge in [-0.1, -0.05) is 26.0 Å². The highest BCUT2D eigenvalue weighted by molar-refractivity contribution is 5.88. The molecule has 48 heavy (non-hydrogen) atoms. The van der Waals surface area contributed by atoms with E-state index in [4.69, 9.17) is 20.4 Å². The number of amides is 2. The number of alkyl halides is 6. The van der Waals surface area contributed by atoms with Crippen molar-refractivity contribution in [3.63, 3.8) is 0 Å². The summed E-state index contributed by atoms with van der Waals surface area (Å²) < 4.78 is 104. The molecule has 1 heterocycles. The van der Waals surface area contributed by atoms with Crippen molar-refractivity contribution in [3.05, 3.63) is 64.7 Å². The molecule has 0 saturated carbocycles. The zero-order chi connectivity index (χ0) is 36.6. The van der Waals surface area contributed by atoms with E-state index >= 15 is 0 Å². The van der Waals surface area contributed by atoms with Gasteiger partial charge in [-0.15, -0.1) is 0 Å². The van der Waals surface area contributed by atoms with Crippen LogP contribution in [0.25, 0.3) is 0 Å². The topological polar surface area (TPSA) is 159 Å². The lowest BCUT2D eigenvalue weighted by Gasteiger charge is -2.25. The Hall–Kier alpha value is -4.48. The number of carbonyl (C=O) groups is 4. The lowest BCUT2D eigenvalue weighted by Crippen LogP contribution is -2.47. The van der Waals surface area contributed by atoms with E-state index in [1.807, 2.05) is 0 Å². The molecule has 1 unspecified atom stereocenters. The van der Waals surface area contributed by atoms with E-state index in [-0.39, 0.29) is 36.9 Å². The van der Waals surface area contributed by atoms with Crippen LogP contribution >= 0.6 is 0 Å². The zero-order valence-electron chi connectivity index (χ0n) is 25.5. The third-order valence-electron chi connectivity index (χ3n) is 6.98. The maximum Gasteiger partial charge on any atom is 0.490 e. The van der Waals surface area contributed by atoms with Crippen LogP contribution < -0.4 is 15.8 Å². The van der Waals surface area contributed by atoms with Crippen LogP contribution in [0.1, 0.15) is 49.8 Å². The first-order chi connectivity index (χ1) is 22.1. The number of nitrogens with one attached hydrogen (secondary N) is 1. The predicted octanol–water partition coefficient (Wildman–Crippen LogP) is 4.67. The van der Waals surface area contributed by atoms with Crippen LogP contribution in [0.5, 0.6) is 5.75 Å². The number of carboxylic acids is 2. The van der Waals surface area contributed by atoms with Crippen LogP contribution in [-0.2, 0) is 38.3 Å². The largest absolute Gasteiger partial charge is 0.490 e. The standard InChI is InChI=1S/C28H32F5N3O5.C2HF3O2/c1-15(2)25(27(39)40)41-19-7-5-16(6-8-19)14-35-26(38)23-4-3-9-36(23)24(37)12-18(34)10-17-11-22(30)20(13-21(17)29)28(31,32)33;3-2(4,5)1(6)7/h5-8,11,13,15,18,23,25H,3-4,9-10,12,14,34H2,1-2H3,(H,35,38)(H,39,40);(H,6,7)/t18?,23-,25+;/m0./s1. The van der Waals surface area contributed by atoms with Crippen molar-refractivity contribution >= 4 is 23.8 Å². The van der Waals surface area contributed by atoms with E-state index < -0.39 is 71.5 Å². The lowest BCUT2D eigenvalue weighted by molar-refractivity contribution is -0.192. The fraction of sp³-hybridized carbons (Fsp3) is 0.467. The first-order valence-electron chi connectivity index (χ1n) is 14.3. The number of benzene rings is 2. The van der Waals surface area contributed by atoms with Crippen LogP contribution in [0.4, 0.5) is 35.1 Å². The number of likely N-dealkylation sites (tertiary alicyclic amines) is 1. The van der Waals surface area contributed by atoms with Crippen molar-refractivity contribution in [1.29, 1.82) is 0 Å². The normalized spacial score (nSPS) is 16.1. The molecule has 5 N–H and O–H groups in total. The van der Waals surface area contributed by atoms with E-state index in [2.05, 4.69) is 5.32 Å². The van der Waals surface area contributed by atoms with Gasteiger partial charge in [0.1, 0.15) is 23.4 Å². The molecule has 1 saturated heterocycles. The monoisotopic (exact) mass is 699 g/mol. The maximum absolute atomic E-state index is 14.2. The van der Waals surface area contributed by atoms with Gasteiger partial charge in [-0.2, -0.15) is 26.3 Å². The number of aliphatic carboxylic acids is 2. The Labute approximate surface area is 268 Å². The molecule has 2 amide bonds. The number of hydrogen-bond donors (Lipinski definition) is 4. The predicted molar refractivity (Wildman–Crippen MR) is 151 cm³/mol. The van der Waals surface area contributed by atoms with Gasteiger partial charge >= 0.3 is 24.3 Å². The summed E-state index contributed by atoms with van der Waals surface area (Å²) in [6.45, 7) is 3.89. The number of carboxylic acid groups (broad SMARTS) is 2. The molecule has 1 aliphatic rings. The molecular weight excluding hydrogens is 666 g/mol. The fourth-order valence-corrected chi connectivity index (χ4v) is 4.61. The number of ether oxygens (including phenoxy) is 1. The summed E-state index contributed by atoms with van der Waals surface area (Å²) in [6.07, 6.45) is -10.9. The number of carbonyl (C=O) groups excluding carboxylic acids is 2. The quantitative estimate of drug-likeness (QED) is 0.247. The lowest BCUT2D eigenvalue weighted by atomic mass is 10.0. The Bertz CT molecular complexity index is 1450. The Morgan fingerprint density at radius 3 is 2.08 bits per heavy atom. The third kappa shape index (κ3) is 11.6. The summed E-state index contributed by atoms with van der Waals surface area (Å²) in [7, 11) is 0. The highest BCUT2D eigenvalue weighted by atomic mass is 19.4. The summed E-state index contributed by atoms with van der Waals surface area (Å²) in [6, 6.07) is 5.26. The molecule has 3 atom stereocenters. The summed E-state index contributed by atoms with van der Waals surface area (Å²) in [5, 5.41) is 19.2. The van der Waals surface area contributed by atoms with E-state index in [0.29, 0.717) is 36.8 Å². The average Bonchev–Trinajstić information content (AvgIpc) is 3.46. The highest BCUT2D eigenvalue weighted by Gasteiger charge is 2.38. The second-order valence-corrected chi connectivity index (χ2v) is 11.1. The van der Waals surface area contributed by atoms with Crippen LogP contribution in [0.3, 0.4) is 0 Å². The zero-order valence-corrected chi connectivity index (χ0v) is 25.5. The molecule has 0 aliphatic carbocycles. The fourth-order valence-electron chi connectivity index (χ4n) is 4.61. The smallest absolute Gasteiger partial charge is 0.478 e. The minimum absolute atomic E-state index is 0.0685. The Kier molecular flexibility index (Phi) is 13.7. The minimum atomic E-state index is -5.08. The molecule has 0 bridgehead atoms. The van der Waals surface area contributed by atoms with Gasteiger partial charge in [-0.3, -0.25) is 9.59 Å². The molecule has 0 aromatic heterocycles. The van der Waals surface area contributed by atoms with Crippen molar-refractivity contribution in [2.75, 3.05) is 6.54 Å². The summed E-state index contributed by atoms with van der Waals surface area (Å²) in [4.78, 5) is 47.3. The van der Waals surface area contributed by atoms with Gasteiger partial charge in [0, 0.05) is 31.5 Å². The summed E-state index contributed by atoms with van der Waals surface area (Å²) in [5.74, 6) is -7.50. The highest BCUT2D eigenvalue weighted by Crippen LogP contribution is 2.33. The third-order valence-corrected chi connectivity index (χ3v) is 6.98. The van der Waals surface area contributed by atoms with Gasteiger partial charge in [-0.25, -0.2) is 18.4 Å². The van der Waals surface area contributed by atoms with E-state index in [1.54, 1.807) is 38.1 Å². The van der Waals surface area contributed by atoms with Crippen LogP contribution in [0.15, 0.2) is 36.4 Å². The van der Waals surface area contributed by atoms with Crippen molar-refractivity contribution < 1.29 is 69.3 Å². The second-order valence-electron chi connectivity index (χ2n) is 11.1. The maximum atomic E-state index is 14.2. The van der Waals surface area contributed by atoms with Crippen molar-refractivity contribution in [2.24, 2.45) is 11.7 Å². The molecule has 2 aromatic rings. The number of rotatable bonds is 11. The first-order valence-corrected chi connectivity index (χ1v) is 14.3. The molecule has 2 aromatic carbocycles. The summed E-state index contributed by atoms with van der Waals surface area (Å²) >= 11 is 0. The van der Waals surface area contributed by atoms with E-state index in [1.165, 1.54) is 4.90 Å². The van der Waals surface area contributed by atoms with E-state index in [9.17, 15) is 54.6 Å². The number of hydrogen-bond acceptors (Lipinski definition) is 6. The first kappa shape index (κ1) is 39.7. The molecule has 18 heteroatoms. The molecule has 0 spiro atoms. The Morgan fingerprint density at radius 1 is 1.00 bits per heavy atom. The van der Waals surface area contributed by atoms with Gasteiger partial charge in [0.2, 0.25) is 11.8 Å². The van der Waals surface area contributed by atoms with Crippen LogP contribution in [0, 0.1) is 17.6 Å². The van der Waals surface area contributed by atoms with Gasteiger partial charge in [0.05, 0.1) is 5.56 Å². The van der Waals surface area contributed by atoms with Gasteiger partial charge < -0.3 is 30.9 Å². The number of halogens is 8. The number of nitrogens with zero attached hydrogens (tertiary/aromatic N) is 1. The molecule has 10 nitrogen and oxygen atoms in total. The van der Waals surface area contributed by atoms with Crippen molar-refractivity contribution in [2.45, 2.75) is 76.6 Å². The average molecular weight is 700 g/mol. The molecular formula is C30H33F8N3O7. The van der Waals surface area contributed by atoms with Gasteiger partial charge in [0.15, 0.2) is 6.10 Å². The minimum Gasteiger partial charge on any atom is -0.478 e. The second kappa shape index (κ2) is 16.6. The Morgan fingerprint density at radius 2 is 1.58 bits per heavy atom. The summed E-state index contributed by atoms with van der Waals surface area (Å²) in [5.41, 5.74) is 4.55. The van der Waals surface area contributed by atoms with Gasteiger partial charge in [-0.05, 0) is 54.7 Å². The molecule has 3 rings (SSSR count). The molecule has 266 valence electrons. The van der Waals surface area contributed by atoms with Crippen molar-refractivity contribution in [1.82, 2.24) is 10.2 Å². The van der Waals surface area contributed by atoms with E-state index in [0.717, 1.165) is 0 Å². The Balaban J connectivity index is 0.00000103. The molecule has 0 radical (unpaired) electrons. The SMILES string of the molecule is CC(C)[C@@H](Oc1ccc(CNC(=O)[C@@H]2CCCN2C(=O)CC(N)Cc2cc(F)c(C(F)(F)F)cc2F)cc1)C(=O)O.O=C(O)C(F)(F)F. The molecule has 1 fully saturated rings. The van der Waals surface area contributed by atoms with Crippen molar-refractivity contribution in [3.8, 4) is 5.75 Å².